The first kappa shape index (κ1) is 14.4. The van der Waals surface area contributed by atoms with E-state index >= 15 is 0 Å². The van der Waals surface area contributed by atoms with Crippen LogP contribution in [0.25, 0.3) is 0 Å². The fraction of sp³-hybridized carbons (Fsp3) is 0.385. The van der Waals surface area contributed by atoms with Crippen LogP contribution < -0.4 is 0 Å². The van der Waals surface area contributed by atoms with Crippen molar-refractivity contribution in [2.45, 2.75) is 17.4 Å². The summed E-state index contributed by atoms with van der Waals surface area (Å²) >= 11 is 3.20. The molecule has 1 aliphatic heterocycles. The number of amides is 2. The highest BCUT2D eigenvalue weighted by Gasteiger charge is 2.38. The highest BCUT2D eigenvalue weighted by Crippen LogP contribution is 2.28. The molecule has 0 saturated carbocycles. The highest BCUT2D eigenvalue weighted by molar-refractivity contribution is 8.16. The number of nitrogens with zero attached hydrogens (tertiary/aromatic N) is 1. The second-order valence-corrected chi connectivity index (χ2v) is 6.65. The molecular formula is C13H15NO3S2. The summed E-state index contributed by atoms with van der Waals surface area (Å²) in [5.74, 6) is 0.350. The molecule has 2 rings (SSSR count). The van der Waals surface area contributed by atoms with Crippen LogP contribution in [-0.2, 0) is 15.3 Å². The Bertz CT molecular complexity index is 452. The Morgan fingerprint density at radius 2 is 2.00 bits per heavy atom. The number of hydrogen-bond donors (Lipinski definition) is 1. The number of aliphatic hydroxyl groups excluding tert-OH is 1. The van der Waals surface area contributed by atoms with Gasteiger partial charge in [-0.05, 0) is 5.56 Å². The lowest BCUT2D eigenvalue weighted by atomic mass is 10.2. The number of likely N-dealkylation sites (tertiary alicyclic amines) is 1. The molecule has 0 aliphatic carbocycles. The molecule has 1 saturated heterocycles. The molecule has 1 fully saturated rings. The van der Waals surface area contributed by atoms with Crippen molar-refractivity contribution in [2.75, 3.05) is 11.8 Å². The molecule has 1 heterocycles. The smallest absolute Gasteiger partial charge is 0.244 e. The molecule has 0 aromatic heterocycles. The fourth-order valence-electron chi connectivity index (χ4n) is 1.80. The van der Waals surface area contributed by atoms with Crippen LogP contribution in [0.5, 0.6) is 0 Å². The van der Waals surface area contributed by atoms with E-state index < -0.39 is 6.73 Å². The van der Waals surface area contributed by atoms with Gasteiger partial charge in [0, 0.05) is 17.3 Å². The Labute approximate surface area is 120 Å². The van der Waals surface area contributed by atoms with Gasteiger partial charge in [-0.3, -0.25) is 14.5 Å². The van der Waals surface area contributed by atoms with Gasteiger partial charge < -0.3 is 5.11 Å². The number of hydrogen-bond acceptors (Lipinski definition) is 5. The van der Waals surface area contributed by atoms with E-state index in [0.29, 0.717) is 0 Å². The predicted octanol–water partition coefficient (Wildman–Crippen LogP) is 1.69. The molecule has 102 valence electrons. The first-order chi connectivity index (χ1) is 9.22. The lowest BCUT2D eigenvalue weighted by molar-refractivity contribution is -0.142. The summed E-state index contributed by atoms with van der Waals surface area (Å²) in [4.78, 5) is 24.0. The van der Waals surface area contributed by atoms with Crippen LogP contribution in [0, 0.1) is 0 Å². The molecule has 0 bridgehead atoms. The van der Waals surface area contributed by atoms with E-state index in [9.17, 15) is 9.59 Å². The van der Waals surface area contributed by atoms with E-state index in [1.807, 2.05) is 18.2 Å². The number of rotatable bonds is 6. The molecule has 1 aliphatic rings. The zero-order valence-electron chi connectivity index (χ0n) is 10.3. The SMILES string of the molecule is O=C1CC(SCSCc2ccccc2)C(=O)N1CO. The molecule has 19 heavy (non-hydrogen) atoms. The molecule has 1 unspecified atom stereocenters. The summed E-state index contributed by atoms with van der Waals surface area (Å²) in [5, 5.41) is 9.35. The van der Waals surface area contributed by atoms with E-state index in [1.165, 1.54) is 17.3 Å². The van der Waals surface area contributed by atoms with Crippen LogP contribution in [0.4, 0.5) is 0 Å². The number of thioether (sulfide) groups is 2. The van der Waals surface area contributed by atoms with Crippen LogP contribution in [0.15, 0.2) is 30.3 Å². The van der Waals surface area contributed by atoms with E-state index in [4.69, 9.17) is 5.11 Å². The first-order valence-corrected chi connectivity index (χ1v) is 8.11. The Morgan fingerprint density at radius 3 is 2.63 bits per heavy atom. The molecular weight excluding hydrogens is 282 g/mol. The summed E-state index contributed by atoms with van der Waals surface area (Å²) in [6, 6.07) is 10.1. The predicted molar refractivity (Wildman–Crippen MR) is 77.5 cm³/mol. The van der Waals surface area contributed by atoms with Crippen molar-refractivity contribution in [3.05, 3.63) is 35.9 Å². The van der Waals surface area contributed by atoms with Crippen molar-refractivity contribution in [1.29, 1.82) is 0 Å². The Hall–Kier alpha value is -0.980. The quantitative estimate of drug-likeness (QED) is 0.492. The Balaban J connectivity index is 1.72. The molecule has 4 nitrogen and oxygen atoms in total. The molecule has 0 spiro atoms. The van der Waals surface area contributed by atoms with Crippen molar-refractivity contribution in [3.8, 4) is 0 Å². The Kier molecular flexibility index (Phi) is 5.30. The van der Waals surface area contributed by atoms with E-state index in [0.717, 1.165) is 15.7 Å². The molecule has 1 aromatic carbocycles. The number of carbonyl (C=O) groups is 2. The monoisotopic (exact) mass is 297 g/mol. The largest absolute Gasteiger partial charge is 0.376 e. The summed E-state index contributed by atoms with van der Waals surface area (Å²) in [6.45, 7) is -0.508. The van der Waals surface area contributed by atoms with E-state index in [-0.39, 0.29) is 23.5 Å². The third-order valence-electron chi connectivity index (χ3n) is 2.81. The van der Waals surface area contributed by atoms with Crippen LogP contribution >= 0.6 is 23.5 Å². The van der Waals surface area contributed by atoms with Gasteiger partial charge in [-0.1, -0.05) is 30.3 Å². The number of aliphatic hydroxyl groups is 1. The summed E-state index contributed by atoms with van der Waals surface area (Å²) in [5.41, 5.74) is 1.25. The van der Waals surface area contributed by atoms with E-state index in [1.54, 1.807) is 11.8 Å². The fourth-order valence-corrected chi connectivity index (χ4v) is 4.13. The summed E-state index contributed by atoms with van der Waals surface area (Å²) < 4.78 is 0. The topological polar surface area (TPSA) is 57.6 Å². The molecule has 6 heteroatoms. The van der Waals surface area contributed by atoms with Crippen molar-refractivity contribution >= 4 is 35.3 Å². The molecule has 1 aromatic rings. The van der Waals surface area contributed by atoms with Crippen molar-refractivity contribution in [2.24, 2.45) is 0 Å². The van der Waals surface area contributed by atoms with Crippen molar-refractivity contribution < 1.29 is 14.7 Å². The zero-order chi connectivity index (χ0) is 13.7. The van der Waals surface area contributed by atoms with Gasteiger partial charge in [0.25, 0.3) is 0 Å². The maximum atomic E-state index is 11.7. The number of carbonyl (C=O) groups excluding carboxylic acids is 2. The van der Waals surface area contributed by atoms with Crippen molar-refractivity contribution in [1.82, 2.24) is 4.90 Å². The second kappa shape index (κ2) is 6.98. The average molecular weight is 297 g/mol. The standard InChI is InChI=1S/C13H15NO3S2/c15-8-14-12(16)6-11(13(14)17)19-9-18-7-10-4-2-1-3-5-10/h1-5,11,15H,6-9H2. The minimum Gasteiger partial charge on any atom is -0.376 e. The van der Waals surface area contributed by atoms with Gasteiger partial charge in [-0.2, -0.15) is 0 Å². The van der Waals surface area contributed by atoms with Gasteiger partial charge in [0.2, 0.25) is 11.8 Å². The van der Waals surface area contributed by atoms with Crippen LogP contribution in [0.1, 0.15) is 12.0 Å². The summed E-state index contributed by atoms with van der Waals surface area (Å²) in [7, 11) is 0. The van der Waals surface area contributed by atoms with Gasteiger partial charge in [-0.25, -0.2) is 0 Å². The normalized spacial score (nSPS) is 19.2. The van der Waals surface area contributed by atoms with Crippen molar-refractivity contribution in [3.63, 3.8) is 0 Å². The molecule has 2 amide bonds. The summed E-state index contributed by atoms with van der Waals surface area (Å²) in [6.07, 6.45) is 0.204. The van der Waals surface area contributed by atoms with E-state index in [2.05, 4.69) is 12.1 Å². The third kappa shape index (κ3) is 3.75. The molecule has 1 N–H and O–H groups in total. The van der Waals surface area contributed by atoms with Gasteiger partial charge in [-0.15, -0.1) is 23.5 Å². The number of imide groups is 1. The highest BCUT2D eigenvalue weighted by atomic mass is 32.2. The van der Waals surface area contributed by atoms with Crippen LogP contribution in [-0.4, -0.2) is 38.9 Å². The Morgan fingerprint density at radius 1 is 1.26 bits per heavy atom. The maximum absolute atomic E-state index is 11.7. The van der Waals surface area contributed by atoms with Crippen LogP contribution in [0.2, 0.25) is 0 Å². The van der Waals surface area contributed by atoms with Gasteiger partial charge in [0.15, 0.2) is 0 Å². The minimum atomic E-state index is -0.508. The zero-order valence-corrected chi connectivity index (χ0v) is 12.0. The van der Waals surface area contributed by atoms with Gasteiger partial charge in [0.1, 0.15) is 6.73 Å². The lowest BCUT2D eigenvalue weighted by Crippen LogP contribution is -2.32. The number of benzene rings is 1. The second-order valence-electron chi connectivity index (χ2n) is 4.11. The van der Waals surface area contributed by atoms with Crippen LogP contribution in [0.3, 0.4) is 0 Å². The van der Waals surface area contributed by atoms with Gasteiger partial charge >= 0.3 is 0 Å². The minimum absolute atomic E-state index is 0.204. The van der Waals surface area contributed by atoms with Gasteiger partial charge in [0.05, 0.1) is 5.25 Å². The lowest BCUT2D eigenvalue weighted by Gasteiger charge is -2.10. The maximum Gasteiger partial charge on any atom is 0.244 e. The average Bonchev–Trinajstić information content (AvgIpc) is 2.70. The molecule has 0 radical (unpaired) electrons. The third-order valence-corrected chi connectivity index (χ3v) is 5.33. The first-order valence-electron chi connectivity index (χ1n) is 5.90. The molecule has 1 atom stereocenters.